The number of carboxylic acid groups (broad SMARTS) is 1. The molecule has 3 heterocycles. The number of carbonyl (C=O) groups is 1. The van der Waals surface area contributed by atoms with Gasteiger partial charge in [0.1, 0.15) is 23.3 Å². The minimum Gasteiger partial charge on any atom is -0.496 e. The lowest BCUT2D eigenvalue weighted by Crippen LogP contribution is -2.50. The van der Waals surface area contributed by atoms with Crippen molar-refractivity contribution in [2.45, 2.75) is 56.2 Å². The van der Waals surface area contributed by atoms with Crippen LogP contribution in [0.4, 0.5) is 17.6 Å². The molecule has 1 saturated carbocycles. The molecule has 0 amide bonds. The molecule has 2 atom stereocenters. The molecule has 3 aromatic rings. The van der Waals surface area contributed by atoms with Gasteiger partial charge in [0, 0.05) is 42.7 Å². The zero-order chi connectivity index (χ0) is 27.9. The molecule has 2 aromatic carbocycles. The summed E-state index contributed by atoms with van der Waals surface area (Å²) in [6, 6.07) is 10.4. The van der Waals surface area contributed by atoms with Crippen LogP contribution in [-0.4, -0.2) is 76.9 Å². The Morgan fingerprint density at radius 2 is 1.90 bits per heavy atom. The zero-order valence-corrected chi connectivity index (χ0v) is 21.5. The highest BCUT2D eigenvalue weighted by atomic mass is 19.4. The van der Waals surface area contributed by atoms with Crippen LogP contribution in [0.1, 0.15) is 42.5 Å². The van der Waals surface area contributed by atoms with Crippen molar-refractivity contribution in [3.8, 4) is 11.5 Å². The summed E-state index contributed by atoms with van der Waals surface area (Å²) in [5.41, 5.74) is 3.51. The van der Waals surface area contributed by atoms with Crippen molar-refractivity contribution in [1.29, 1.82) is 0 Å². The zero-order valence-electron chi connectivity index (χ0n) is 21.5. The van der Waals surface area contributed by atoms with Gasteiger partial charge in [0.15, 0.2) is 0 Å². The number of nitrogens with one attached hydrogen (secondary N) is 2. The predicted molar refractivity (Wildman–Crippen MR) is 135 cm³/mol. The quantitative estimate of drug-likeness (QED) is 0.392. The van der Waals surface area contributed by atoms with Gasteiger partial charge in [-0.25, -0.2) is 9.18 Å². The van der Waals surface area contributed by atoms with E-state index in [1.165, 1.54) is 11.1 Å². The van der Waals surface area contributed by atoms with E-state index in [0.29, 0.717) is 19.4 Å². The van der Waals surface area contributed by atoms with Gasteiger partial charge in [-0.15, -0.1) is 0 Å². The Morgan fingerprint density at radius 3 is 2.49 bits per heavy atom. The smallest absolute Gasteiger partial charge is 0.490 e. The second-order valence-corrected chi connectivity index (χ2v) is 10.3. The molecule has 0 bridgehead atoms. The number of nitrogens with zero attached hydrogens (tertiary/aromatic N) is 2. The number of carboxylic acids is 1. The summed E-state index contributed by atoms with van der Waals surface area (Å²) in [5, 5.41) is 18.9. The Kier molecular flexibility index (Phi) is 7.19. The molecule has 2 fully saturated rings. The lowest BCUT2D eigenvalue weighted by atomic mass is 9.83. The minimum absolute atomic E-state index is 0.0874. The largest absolute Gasteiger partial charge is 0.496 e. The first-order valence-electron chi connectivity index (χ1n) is 12.7. The van der Waals surface area contributed by atoms with Crippen molar-refractivity contribution in [3.05, 3.63) is 53.2 Å². The van der Waals surface area contributed by atoms with E-state index in [1.54, 1.807) is 7.11 Å². The molecule has 1 aromatic heterocycles. The van der Waals surface area contributed by atoms with Gasteiger partial charge in [-0.3, -0.25) is 10.00 Å². The summed E-state index contributed by atoms with van der Waals surface area (Å²) >= 11 is 0. The monoisotopic (exact) mass is 550 g/mol. The normalized spacial score (nSPS) is 22.3. The number of fused-ring (bicyclic) bond motifs is 3. The third-order valence-electron chi connectivity index (χ3n) is 7.51. The molecule has 0 radical (unpaired) electrons. The topological polar surface area (TPSA) is 99.7 Å². The van der Waals surface area contributed by atoms with Crippen LogP contribution in [0.2, 0.25) is 0 Å². The van der Waals surface area contributed by atoms with Gasteiger partial charge in [0.2, 0.25) is 0 Å². The number of ether oxygens (including phenoxy) is 2. The fraction of sp³-hybridized carbons (Fsp3) is 0.481. The Bertz CT molecular complexity index is 1350. The predicted octanol–water partition coefficient (Wildman–Crippen LogP) is 4.39. The van der Waals surface area contributed by atoms with Crippen LogP contribution in [0.25, 0.3) is 10.9 Å². The van der Waals surface area contributed by atoms with Gasteiger partial charge in [-0.1, -0.05) is 6.07 Å². The number of H-pyrrole nitrogens is 1. The van der Waals surface area contributed by atoms with Crippen LogP contribution in [0.5, 0.6) is 11.5 Å². The highest BCUT2D eigenvalue weighted by Gasteiger charge is 2.48. The highest BCUT2D eigenvalue weighted by Crippen LogP contribution is 2.48. The van der Waals surface area contributed by atoms with Crippen molar-refractivity contribution in [3.63, 3.8) is 0 Å². The average molecular weight is 551 g/mol. The molecular formula is C27H30F4N4O4. The molecule has 39 heavy (non-hydrogen) atoms. The van der Waals surface area contributed by atoms with Gasteiger partial charge >= 0.3 is 12.1 Å². The maximum Gasteiger partial charge on any atom is 0.490 e. The molecule has 0 spiro atoms. The van der Waals surface area contributed by atoms with E-state index in [1.807, 2.05) is 18.3 Å². The van der Waals surface area contributed by atoms with Gasteiger partial charge in [-0.2, -0.15) is 18.3 Å². The molecule has 1 saturated heterocycles. The number of hydrogen-bond acceptors (Lipinski definition) is 6. The summed E-state index contributed by atoms with van der Waals surface area (Å²) in [7, 11) is 1.70. The molecule has 1 aliphatic carbocycles. The second kappa shape index (κ2) is 10.3. The summed E-state index contributed by atoms with van der Waals surface area (Å²) in [4.78, 5) is 11.2. The first kappa shape index (κ1) is 27.2. The van der Waals surface area contributed by atoms with E-state index >= 15 is 4.39 Å². The van der Waals surface area contributed by atoms with Gasteiger partial charge in [-0.05, 0) is 55.5 Å². The SMILES string of the molecule is COc1cc(OC2CNC2)ccc1[C@@H]1c2ccc3[nH]ncc3c2C[C@@H](C)N1CC1(F)CC1.O=C(O)C(F)(F)F. The third-order valence-corrected chi connectivity index (χ3v) is 7.51. The van der Waals surface area contributed by atoms with Crippen molar-refractivity contribution in [2.75, 3.05) is 26.7 Å². The standard InChI is InChI=1S/C25H29FN4O2.C2HF3O2/c1-15-9-20-18(5-6-22-21(20)13-28-29-22)24(30(15)14-25(26)7-8-25)19-4-3-16(10-23(19)31-2)32-17-11-27-12-17;3-2(4,5)1(6)7/h3-6,10,13,15,17,24,27H,7-9,11-12,14H2,1-2H3,(H,28,29);(H,6,7)/t15-,24+;/m1./s1. The number of methoxy groups -OCH3 is 1. The van der Waals surface area contributed by atoms with Crippen molar-refractivity contribution >= 4 is 16.9 Å². The van der Waals surface area contributed by atoms with E-state index in [2.05, 4.69) is 45.5 Å². The molecular weight excluding hydrogens is 520 g/mol. The fourth-order valence-electron chi connectivity index (χ4n) is 5.17. The highest BCUT2D eigenvalue weighted by molar-refractivity contribution is 5.83. The number of hydrogen-bond donors (Lipinski definition) is 3. The summed E-state index contributed by atoms with van der Waals surface area (Å²) in [6.45, 7) is 4.38. The number of rotatable bonds is 6. The van der Waals surface area contributed by atoms with Crippen LogP contribution < -0.4 is 14.8 Å². The molecule has 0 unspecified atom stereocenters. The Labute approximate surface area is 222 Å². The van der Waals surface area contributed by atoms with Crippen molar-refractivity contribution in [1.82, 2.24) is 20.4 Å². The molecule has 12 heteroatoms. The second-order valence-electron chi connectivity index (χ2n) is 10.3. The molecule has 3 aliphatic rings. The summed E-state index contributed by atoms with van der Waals surface area (Å²) in [6.07, 6.45) is -0.803. The Hall–Kier alpha value is -3.38. The van der Waals surface area contributed by atoms with E-state index < -0.39 is 17.8 Å². The molecule has 2 aliphatic heterocycles. The summed E-state index contributed by atoms with van der Waals surface area (Å²) < 4.78 is 58.7. The van der Waals surface area contributed by atoms with Gasteiger partial charge < -0.3 is 19.9 Å². The molecule has 3 N–H and O–H groups in total. The first-order chi connectivity index (χ1) is 18.5. The van der Waals surface area contributed by atoms with E-state index in [9.17, 15) is 13.2 Å². The third kappa shape index (κ3) is 5.67. The maximum absolute atomic E-state index is 15.0. The van der Waals surface area contributed by atoms with Crippen LogP contribution >= 0.6 is 0 Å². The fourth-order valence-corrected chi connectivity index (χ4v) is 5.17. The number of alkyl halides is 4. The Morgan fingerprint density at radius 1 is 1.21 bits per heavy atom. The Balaban J connectivity index is 0.000000392. The van der Waals surface area contributed by atoms with Crippen molar-refractivity contribution < 1.29 is 36.9 Å². The lowest BCUT2D eigenvalue weighted by molar-refractivity contribution is -0.192. The number of benzene rings is 2. The average Bonchev–Trinajstić information content (AvgIpc) is 3.38. The molecule has 6 rings (SSSR count). The molecule has 210 valence electrons. The van der Waals surface area contributed by atoms with Gasteiger partial charge in [0.05, 0.1) is 24.9 Å². The number of halogens is 4. The van der Waals surface area contributed by atoms with Crippen LogP contribution in [-0.2, 0) is 11.2 Å². The summed E-state index contributed by atoms with van der Waals surface area (Å²) in [5.74, 6) is -1.17. The van der Waals surface area contributed by atoms with Crippen LogP contribution in [0, 0.1) is 0 Å². The van der Waals surface area contributed by atoms with Gasteiger partial charge in [0.25, 0.3) is 0 Å². The number of aromatic nitrogens is 2. The number of aliphatic carboxylic acids is 1. The number of aromatic amines is 1. The lowest BCUT2D eigenvalue weighted by Gasteiger charge is -2.43. The van der Waals surface area contributed by atoms with Crippen molar-refractivity contribution in [2.24, 2.45) is 0 Å². The van der Waals surface area contributed by atoms with Crippen LogP contribution in [0.15, 0.2) is 36.5 Å². The molecule has 8 nitrogen and oxygen atoms in total. The maximum atomic E-state index is 15.0. The first-order valence-corrected chi connectivity index (χ1v) is 12.7. The minimum atomic E-state index is -5.08. The van der Waals surface area contributed by atoms with Crippen LogP contribution in [0.3, 0.4) is 0 Å². The van der Waals surface area contributed by atoms with E-state index in [4.69, 9.17) is 19.4 Å². The van der Waals surface area contributed by atoms with E-state index in [-0.39, 0.29) is 18.2 Å². The van der Waals surface area contributed by atoms with E-state index in [0.717, 1.165) is 47.5 Å².